The van der Waals surface area contributed by atoms with Crippen molar-refractivity contribution >= 4 is 7.54 Å². The molecule has 0 saturated carbocycles. The molecule has 0 radical (unpaired) electrons. The summed E-state index contributed by atoms with van der Waals surface area (Å²) < 4.78 is 39.7. The molecule has 0 saturated heterocycles. The van der Waals surface area contributed by atoms with Gasteiger partial charge in [0.15, 0.2) is 0 Å². The number of unbranched alkanes of at least 4 members (excludes halogenated alkanes) is 4. The molecule has 0 aromatic heterocycles. The zero-order chi connectivity index (χ0) is 11.1. The van der Waals surface area contributed by atoms with Crippen LogP contribution in [0.5, 0.6) is 0 Å². The molecular weight excluding hydrogens is 208 g/mol. The van der Waals surface area contributed by atoms with E-state index in [9.17, 15) is 12.6 Å². The van der Waals surface area contributed by atoms with Crippen LogP contribution in [0.4, 0.5) is 12.6 Å². The fourth-order valence-electron chi connectivity index (χ4n) is 1.42. The van der Waals surface area contributed by atoms with E-state index in [1.165, 1.54) is 0 Å². The Balaban J connectivity index is 3.82. The normalized spacial score (nSPS) is 15.1. The Morgan fingerprint density at radius 2 is 1.07 bits per heavy atom. The maximum absolute atomic E-state index is 13.2. The SMILES string of the molecule is CCCCCP(F)(F)(F)CCCCC. The minimum absolute atomic E-state index is 0.337. The van der Waals surface area contributed by atoms with E-state index < -0.39 is 19.9 Å². The van der Waals surface area contributed by atoms with E-state index in [4.69, 9.17) is 0 Å². The average molecular weight is 230 g/mol. The van der Waals surface area contributed by atoms with Gasteiger partial charge in [-0.25, -0.2) is 0 Å². The first-order chi connectivity index (χ1) is 6.39. The van der Waals surface area contributed by atoms with Crippen molar-refractivity contribution in [2.75, 3.05) is 12.3 Å². The first-order valence-electron chi connectivity index (χ1n) is 5.55. The molecule has 0 spiro atoms. The van der Waals surface area contributed by atoms with E-state index in [0.29, 0.717) is 25.7 Å². The van der Waals surface area contributed by atoms with Gasteiger partial charge >= 0.3 is 84.8 Å². The monoisotopic (exact) mass is 230 g/mol. The topological polar surface area (TPSA) is 0 Å². The molecule has 0 rings (SSSR count). The number of rotatable bonds is 8. The molecule has 0 heterocycles. The number of hydrogen-bond donors (Lipinski definition) is 0. The van der Waals surface area contributed by atoms with Crippen molar-refractivity contribution in [1.82, 2.24) is 0 Å². The standard InChI is InChI=1S/C10H22F3P/c1-3-5-7-9-14(11,12,13)10-8-6-4-2/h3-10H2,1-2H3. The second-order valence-electron chi connectivity index (χ2n) is 3.99. The van der Waals surface area contributed by atoms with Gasteiger partial charge in [-0.2, -0.15) is 0 Å². The Hall–Kier alpha value is 0.220. The minimum atomic E-state index is -5.74. The fraction of sp³-hybridized carbons (Fsp3) is 1.00. The van der Waals surface area contributed by atoms with Gasteiger partial charge in [-0.15, -0.1) is 0 Å². The zero-order valence-corrected chi connectivity index (χ0v) is 10.1. The fourth-order valence-corrected chi connectivity index (χ4v) is 3.25. The van der Waals surface area contributed by atoms with E-state index in [0.717, 1.165) is 12.8 Å². The Morgan fingerprint density at radius 1 is 0.714 bits per heavy atom. The van der Waals surface area contributed by atoms with Crippen LogP contribution in [0.15, 0.2) is 0 Å². The summed E-state index contributed by atoms with van der Waals surface area (Å²) in [6.45, 7) is 3.86. The van der Waals surface area contributed by atoms with Gasteiger partial charge in [0.1, 0.15) is 0 Å². The zero-order valence-electron chi connectivity index (χ0n) is 9.24. The Kier molecular flexibility index (Phi) is 6.04. The van der Waals surface area contributed by atoms with E-state index in [2.05, 4.69) is 0 Å². The summed E-state index contributed by atoms with van der Waals surface area (Å²) in [6.07, 6.45) is 2.86. The first-order valence-corrected chi connectivity index (χ1v) is 7.83. The van der Waals surface area contributed by atoms with Crippen LogP contribution in [-0.2, 0) is 0 Å². The third-order valence-electron chi connectivity index (χ3n) is 2.35. The van der Waals surface area contributed by atoms with E-state index in [1.54, 1.807) is 0 Å². The maximum atomic E-state index is 13.2. The van der Waals surface area contributed by atoms with Crippen molar-refractivity contribution in [3.8, 4) is 0 Å². The predicted molar refractivity (Wildman–Crippen MR) is 59.0 cm³/mol. The average Bonchev–Trinajstić information content (AvgIpc) is 2.04. The molecule has 0 aromatic rings. The van der Waals surface area contributed by atoms with Crippen molar-refractivity contribution in [3.63, 3.8) is 0 Å². The molecule has 0 aliphatic carbocycles. The van der Waals surface area contributed by atoms with Gasteiger partial charge in [-0.05, 0) is 0 Å². The summed E-state index contributed by atoms with van der Waals surface area (Å²) in [5.41, 5.74) is 0. The van der Waals surface area contributed by atoms with Crippen molar-refractivity contribution in [2.45, 2.75) is 52.4 Å². The van der Waals surface area contributed by atoms with Crippen LogP contribution in [0.3, 0.4) is 0 Å². The molecule has 0 aromatic carbocycles. The van der Waals surface area contributed by atoms with Gasteiger partial charge in [0, 0.05) is 0 Å². The molecule has 14 heavy (non-hydrogen) atoms. The molecule has 4 heteroatoms. The van der Waals surface area contributed by atoms with Crippen LogP contribution in [0.1, 0.15) is 52.4 Å². The molecule has 0 fully saturated rings. The number of hydrogen-bond acceptors (Lipinski definition) is 0. The van der Waals surface area contributed by atoms with Crippen LogP contribution in [0.2, 0.25) is 0 Å². The Morgan fingerprint density at radius 3 is 1.36 bits per heavy atom. The molecule has 0 aliphatic heterocycles. The summed E-state index contributed by atoms with van der Waals surface area (Å²) in [7, 11) is -5.74. The van der Waals surface area contributed by atoms with Crippen molar-refractivity contribution in [2.24, 2.45) is 0 Å². The van der Waals surface area contributed by atoms with Gasteiger partial charge in [0.25, 0.3) is 0 Å². The Bertz CT molecular complexity index is 137. The van der Waals surface area contributed by atoms with Crippen molar-refractivity contribution in [3.05, 3.63) is 0 Å². The van der Waals surface area contributed by atoms with Gasteiger partial charge < -0.3 is 0 Å². The van der Waals surface area contributed by atoms with Gasteiger partial charge in [-0.1, -0.05) is 0 Å². The molecule has 88 valence electrons. The van der Waals surface area contributed by atoms with Gasteiger partial charge in [0.2, 0.25) is 0 Å². The van der Waals surface area contributed by atoms with Crippen molar-refractivity contribution < 1.29 is 12.6 Å². The third kappa shape index (κ3) is 7.61. The van der Waals surface area contributed by atoms with Crippen LogP contribution in [-0.4, -0.2) is 12.3 Å². The van der Waals surface area contributed by atoms with Crippen LogP contribution in [0.25, 0.3) is 0 Å². The summed E-state index contributed by atoms with van der Waals surface area (Å²) in [4.78, 5) is 0. The molecule has 0 bridgehead atoms. The third-order valence-corrected chi connectivity index (χ3v) is 4.63. The molecule has 0 nitrogen and oxygen atoms in total. The second-order valence-corrected chi connectivity index (χ2v) is 7.15. The first kappa shape index (κ1) is 14.2. The van der Waals surface area contributed by atoms with Crippen LogP contribution < -0.4 is 0 Å². The summed E-state index contributed by atoms with van der Waals surface area (Å²) >= 11 is 0. The van der Waals surface area contributed by atoms with Gasteiger partial charge in [-0.3, -0.25) is 0 Å². The molecule has 0 amide bonds. The van der Waals surface area contributed by atoms with Gasteiger partial charge in [0.05, 0.1) is 0 Å². The molecule has 0 N–H and O–H groups in total. The molecule has 0 aliphatic rings. The summed E-state index contributed by atoms with van der Waals surface area (Å²) in [5.74, 6) is 0. The summed E-state index contributed by atoms with van der Waals surface area (Å²) in [5, 5.41) is 0. The predicted octanol–water partition coefficient (Wildman–Crippen LogP) is 5.57. The van der Waals surface area contributed by atoms with Crippen LogP contribution >= 0.6 is 7.54 Å². The molecule has 0 unspecified atom stereocenters. The molecular formula is C10H22F3P. The van der Waals surface area contributed by atoms with E-state index in [1.807, 2.05) is 13.8 Å². The summed E-state index contributed by atoms with van der Waals surface area (Å²) in [6, 6.07) is 0. The van der Waals surface area contributed by atoms with E-state index in [-0.39, 0.29) is 0 Å². The second kappa shape index (κ2) is 5.95. The van der Waals surface area contributed by atoms with Crippen molar-refractivity contribution in [1.29, 1.82) is 0 Å². The quantitative estimate of drug-likeness (QED) is 0.377. The van der Waals surface area contributed by atoms with E-state index >= 15 is 0 Å². The molecule has 0 atom stereocenters. The number of halogens is 3. The Labute approximate surface area is 85.6 Å². The van der Waals surface area contributed by atoms with Crippen LogP contribution in [0, 0.1) is 0 Å².